The Balaban J connectivity index is 2.26. The average Bonchev–Trinajstić information content (AvgIpc) is 2.45. The van der Waals surface area contributed by atoms with Crippen molar-refractivity contribution in [2.24, 2.45) is 5.84 Å². The highest BCUT2D eigenvalue weighted by atomic mass is 35.5. The number of rotatable bonds is 5. The first-order valence-electron chi connectivity index (χ1n) is 5.73. The van der Waals surface area contributed by atoms with Gasteiger partial charge >= 0.3 is 5.69 Å². The molecule has 0 amide bonds. The Labute approximate surface area is 120 Å². The zero-order valence-electron chi connectivity index (χ0n) is 10.4. The molecule has 0 fully saturated rings. The second kappa shape index (κ2) is 6.23. The van der Waals surface area contributed by atoms with Gasteiger partial charge in [0.2, 0.25) is 0 Å². The highest BCUT2D eigenvalue weighted by molar-refractivity contribution is 6.31. The number of anilines is 1. The van der Waals surface area contributed by atoms with Gasteiger partial charge in [-0.25, -0.2) is 0 Å². The monoisotopic (exact) mass is 293 g/mol. The van der Waals surface area contributed by atoms with E-state index in [1.165, 1.54) is 12.1 Å². The van der Waals surface area contributed by atoms with Crippen molar-refractivity contribution in [2.75, 3.05) is 5.43 Å². The molecular weight excluding hydrogens is 282 g/mol. The fraction of sp³-hybridized carbons (Fsp3) is 0.0769. The van der Waals surface area contributed by atoms with Crippen molar-refractivity contribution < 1.29 is 9.66 Å². The molecule has 20 heavy (non-hydrogen) atoms. The van der Waals surface area contributed by atoms with Gasteiger partial charge in [-0.1, -0.05) is 35.9 Å². The van der Waals surface area contributed by atoms with Gasteiger partial charge in [0.1, 0.15) is 12.3 Å². The van der Waals surface area contributed by atoms with Crippen LogP contribution in [0.25, 0.3) is 0 Å². The number of nitrogen functional groups attached to an aromatic ring is 1. The number of nitrogens with one attached hydrogen (secondary N) is 1. The van der Waals surface area contributed by atoms with Crippen LogP contribution in [-0.4, -0.2) is 4.92 Å². The van der Waals surface area contributed by atoms with Crippen molar-refractivity contribution >= 4 is 23.0 Å². The fourth-order valence-corrected chi connectivity index (χ4v) is 1.90. The molecule has 0 unspecified atom stereocenters. The lowest BCUT2D eigenvalue weighted by molar-refractivity contribution is -0.385. The SMILES string of the molecule is NNc1cccc(OCc2ccccc2Cl)c1[N+](=O)[O-]. The number of nitro groups is 1. The summed E-state index contributed by atoms with van der Waals surface area (Å²) in [5.74, 6) is 5.39. The quantitative estimate of drug-likeness (QED) is 0.502. The molecule has 2 aromatic rings. The van der Waals surface area contributed by atoms with Crippen LogP contribution in [0.4, 0.5) is 11.4 Å². The number of nitro benzene ring substituents is 1. The van der Waals surface area contributed by atoms with E-state index >= 15 is 0 Å². The summed E-state index contributed by atoms with van der Waals surface area (Å²) < 4.78 is 5.49. The molecule has 7 heteroatoms. The Bertz CT molecular complexity index is 634. The van der Waals surface area contributed by atoms with Gasteiger partial charge in [0.25, 0.3) is 0 Å². The van der Waals surface area contributed by atoms with E-state index in [0.29, 0.717) is 5.02 Å². The number of nitrogens with two attached hydrogens (primary N) is 1. The maximum Gasteiger partial charge on any atom is 0.335 e. The van der Waals surface area contributed by atoms with Crippen LogP contribution in [0.3, 0.4) is 0 Å². The third kappa shape index (κ3) is 2.98. The van der Waals surface area contributed by atoms with Crippen LogP contribution >= 0.6 is 11.6 Å². The van der Waals surface area contributed by atoms with Gasteiger partial charge in [-0.05, 0) is 18.2 Å². The minimum atomic E-state index is -0.545. The maximum absolute atomic E-state index is 11.1. The van der Waals surface area contributed by atoms with E-state index in [1.807, 2.05) is 6.07 Å². The Hall–Kier alpha value is -2.31. The fourth-order valence-electron chi connectivity index (χ4n) is 1.71. The third-order valence-corrected chi connectivity index (χ3v) is 3.05. The van der Waals surface area contributed by atoms with Gasteiger partial charge in [0.15, 0.2) is 5.75 Å². The normalized spacial score (nSPS) is 10.1. The van der Waals surface area contributed by atoms with E-state index < -0.39 is 4.92 Å². The van der Waals surface area contributed by atoms with Crippen molar-refractivity contribution in [3.63, 3.8) is 0 Å². The third-order valence-electron chi connectivity index (χ3n) is 2.68. The van der Waals surface area contributed by atoms with Gasteiger partial charge in [-0.15, -0.1) is 0 Å². The Morgan fingerprint density at radius 3 is 2.65 bits per heavy atom. The maximum atomic E-state index is 11.1. The summed E-state index contributed by atoms with van der Waals surface area (Å²) in [5, 5.41) is 11.6. The zero-order valence-corrected chi connectivity index (χ0v) is 11.1. The van der Waals surface area contributed by atoms with Crippen LogP contribution in [0, 0.1) is 10.1 Å². The Morgan fingerprint density at radius 1 is 1.25 bits per heavy atom. The number of hydrazine groups is 1. The van der Waals surface area contributed by atoms with Crippen molar-refractivity contribution in [2.45, 2.75) is 6.61 Å². The largest absolute Gasteiger partial charge is 0.482 e. The van der Waals surface area contributed by atoms with E-state index in [9.17, 15) is 10.1 Å². The van der Waals surface area contributed by atoms with E-state index in [-0.39, 0.29) is 23.7 Å². The molecule has 0 saturated heterocycles. The van der Waals surface area contributed by atoms with E-state index in [0.717, 1.165) is 5.56 Å². The number of para-hydroxylation sites is 1. The molecule has 0 aliphatic heterocycles. The summed E-state index contributed by atoms with van der Waals surface area (Å²) in [4.78, 5) is 10.5. The van der Waals surface area contributed by atoms with Crippen molar-refractivity contribution in [3.05, 3.63) is 63.2 Å². The van der Waals surface area contributed by atoms with Gasteiger partial charge < -0.3 is 10.2 Å². The summed E-state index contributed by atoms with van der Waals surface area (Å²) in [7, 11) is 0. The number of hydrogen-bond acceptors (Lipinski definition) is 5. The molecule has 0 aromatic heterocycles. The summed E-state index contributed by atoms with van der Waals surface area (Å²) in [5.41, 5.74) is 3.00. The topological polar surface area (TPSA) is 90.4 Å². The molecule has 0 heterocycles. The predicted molar refractivity (Wildman–Crippen MR) is 76.7 cm³/mol. The smallest absolute Gasteiger partial charge is 0.335 e. The van der Waals surface area contributed by atoms with Gasteiger partial charge in [-0.3, -0.25) is 16.0 Å². The Morgan fingerprint density at radius 2 is 2.00 bits per heavy atom. The standard InChI is InChI=1S/C13H12ClN3O3/c14-10-5-2-1-4-9(10)8-20-12-7-3-6-11(16-15)13(12)17(18)19/h1-7,16H,8,15H2. The van der Waals surface area contributed by atoms with E-state index in [2.05, 4.69) is 5.43 Å². The molecule has 0 bridgehead atoms. The van der Waals surface area contributed by atoms with Crippen LogP contribution in [0.15, 0.2) is 42.5 Å². The Kier molecular flexibility index (Phi) is 4.39. The van der Waals surface area contributed by atoms with Gasteiger partial charge in [0, 0.05) is 10.6 Å². The number of halogens is 1. The summed E-state index contributed by atoms with van der Waals surface area (Å²) in [6, 6.07) is 11.8. The second-order valence-electron chi connectivity index (χ2n) is 3.93. The van der Waals surface area contributed by atoms with Crippen molar-refractivity contribution in [1.82, 2.24) is 0 Å². The number of ether oxygens (including phenoxy) is 1. The zero-order chi connectivity index (χ0) is 14.5. The molecule has 2 rings (SSSR count). The highest BCUT2D eigenvalue weighted by Gasteiger charge is 2.20. The number of nitrogens with zero attached hydrogens (tertiary/aromatic N) is 1. The van der Waals surface area contributed by atoms with Crippen LogP contribution in [0.1, 0.15) is 5.56 Å². The molecule has 0 radical (unpaired) electrons. The molecule has 0 saturated carbocycles. The molecule has 3 N–H and O–H groups in total. The van der Waals surface area contributed by atoms with E-state index in [1.54, 1.807) is 24.3 Å². The van der Waals surface area contributed by atoms with Gasteiger partial charge in [-0.2, -0.15) is 0 Å². The van der Waals surface area contributed by atoms with Crippen molar-refractivity contribution in [1.29, 1.82) is 0 Å². The van der Waals surface area contributed by atoms with Crippen LogP contribution in [-0.2, 0) is 6.61 Å². The second-order valence-corrected chi connectivity index (χ2v) is 4.34. The molecular formula is C13H12ClN3O3. The summed E-state index contributed by atoms with van der Waals surface area (Å²) in [6.07, 6.45) is 0. The molecule has 0 spiro atoms. The molecule has 0 atom stereocenters. The first-order chi connectivity index (χ1) is 9.63. The molecule has 0 aliphatic rings. The molecule has 2 aromatic carbocycles. The van der Waals surface area contributed by atoms with Gasteiger partial charge in [0.05, 0.1) is 4.92 Å². The lowest BCUT2D eigenvalue weighted by Crippen LogP contribution is -2.10. The van der Waals surface area contributed by atoms with Crippen LogP contribution < -0.4 is 16.0 Å². The minimum absolute atomic E-state index is 0.130. The molecule has 6 nitrogen and oxygen atoms in total. The first-order valence-corrected chi connectivity index (χ1v) is 6.11. The average molecular weight is 294 g/mol. The summed E-state index contributed by atoms with van der Waals surface area (Å²) >= 11 is 6.01. The molecule has 0 aliphatic carbocycles. The summed E-state index contributed by atoms with van der Waals surface area (Å²) in [6.45, 7) is 0.133. The van der Waals surface area contributed by atoms with E-state index in [4.69, 9.17) is 22.2 Å². The molecule has 104 valence electrons. The number of hydrogen-bond donors (Lipinski definition) is 2. The lowest BCUT2D eigenvalue weighted by Gasteiger charge is -2.10. The van der Waals surface area contributed by atoms with Crippen LogP contribution in [0.5, 0.6) is 5.75 Å². The number of benzene rings is 2. The minimum Gasteiger partial charge on any atom is -0.482 e. The highest BCUT2D eigenvalue weighted by Crippen LogP contribution is 2.34. The first kappa shape index (κ1) is 14.1. The predicted octanol–water partition coefficient (Wildman–Crippen LogP) is 3.11. The van der Waals surface area contributed by atoms with Crippen LogP contribution in [0.2, 0.25) is 5.02 Å². The van der Waals surface area contributed by atoms with Crippen molar-refractivity contribution in [3.8, 4) is 5.75 Å². The lowest BCUT2D eigenvalue weighted by atomic mass is 10.2.